The lowest BCUT2D eigenvalue weighted by Crippen LogP contribution is -2.14. The number of hydrogen-bond donors (Lipinski definition) is 1. The number of nitrogens with two attached hydrogens (primary N) is 1. The van der Waals surface area contributed by atoms with Crippen LogP contribution in [0.2, 0.25) is 5.79 Å². The number of halogens is 4. The molecular weight excluding hydrogens is 1030 g/mol. The Morgan fingerprint density at radius 3 is 1.23 bits per heavy atom. The van der Waals surface area contributed by atoms with E-state index < -0.39 is 44.2 Å². The van der Waals surface area contributed by atoms with Crippen molar-refractivity contribution in [3.8, 4) is 5.69 Å². The average Bonchev–Trinajstić information content (AvgIpc) is 4.14. The lowest BCUT2D eigenvalue weighted by atomic mass is 9.95. The van der Waals surface area contributed by atoms with Crippen LogP contribution in [0.25, 0.3) is 70.8 Å². The highest BCUT2D eigenvalue weighted by atomic mass is 32.2. The number of rotatable bonds is 1. The Morgan fingerprint density at radius 2 is 0.810 bits per heavy atom. The lowest BCUT2D eigenvalue weighted by Gasteiger charge is -2.19. The molecule has 4 heterocycles. The molecule has 393 valence electrons. The molecule has 13 aromatic rings. The van der Waals surface area contributed by atoms with Gasteiger partial charge in [0.25, 0.3) is 0 Å². The van der Waals surface area contributed by atoms with Gasteiger partial charge >= 0.3 is 15.4 Å². The molecule has 0 saturated carbocycles. The maximum Gasteiger partial charge on any atom is 0.313 e. The Labute approximate surface area is 461 Å². The Balaban J connectivity index is 0.000000129. The number of benzene rings is 10. The third-order valence-corrected chi connectivity index (χ3v) is 15.0. The van der Waals surface area contributed by atoms with E-state index in [1.54, 1.807) is 36.7 Å². The maximum atomic E-state index is 12.7. The Bertz CT molecular complexity index is 3940. The summed E-state index contributed by atoms with van der Waals surface area (Å²) in [5, 5.41) is 10.3. The molecule has 0 saturated heterocycles. The first-order chi connectivity index (χ1) is 37.9. The zero-order valence-corrected chi connectivity index (χ0v) is 45.3. The van der Waals surface area contributed by atoms with Gasteiger partial charge < -0.3 is 10.2 Å². The van der Waals surface area contributed by atoms with Crippen molar-refractivity contribution in [1.29, 1.82) is 0 Å². The van der Waals surface area contributed by atoms with Crippen LogP contribution >= 0.6 is 0 Å². The second kappa shape index (κ2) is 25.7. The lowest BCUT2D eigenvalue weighted by molar-refractivity contribution is 0.436. The Hall–Kier alpha value is -8.61. The number of fused-ring (bicyclic) bond motifs is 12. The fraction of sp³-hybridized carbons (Fsp3) is 0.0615. The molecule has 0 fully saturated rings. The van der Waals surface area contributed by atoms with Gasteiger partial charge in [-0.05, 0) is 106 Å². The average molecular weight is 1090 g/mol. The molecule has 14 rings (SSSR count). The number of hydrogen-bond acceptors (Lipinski definition) is 6. The summed E-state index contributed by atoms with van der Waals surface area (Å²) >= 11 is 0.250. The molecule has 10 aromatic carbocycles. The Kier molecular flexibility index (Phi) is 18.4. The molecule has 1 aliphatic heterocycles. The minimum atomic E-state index is -3.30. The molecule has 4 N–H and O–H groups in total. The molecule has 0 atom stereocenters. The quantitative estimate of drug-likeness (QED) is 0.0753. The van der Waals surface area contributed by atoms with E-state index >= 15 is 0 Å². The molecule has 0 aliphatic carbocycles. The molecule has 79 heavy (non-hydrogen) atoms. The van der Waals surface area contributed by atoms with Gasteiger partial charge in [-0.15, -0.1) is 0 Å². The normalized spacial score (nSPS) is 11.6. The summed E-state index contributed by atoms with van der Waals surface area (Å²) < 4.78 is 82.2. The molecule has 3 aromatic heterocycles. The van der Waals surface area contributed by atoms with Crippen molar-refractivity contribution in [3.63, 3.8) is 0 Å². The zero-order chi connectivity index (χ0) is 54.8. The number of aromatic nitrogens is 4. The summed E-state index contributed by atoms with van der Waals surface area (Å²) in [6, 6.07) is 70.9. The van der Waals surface area contributed by atoms with Crippen LogP contribution in [-0.4, -0.2) is 48.9 Å². The second-order valence-electron chi connectivity index (χ2n) is 18.0. The molecular formula is C65H53AlF4N5O3S. The van der Waals surface area contributed by atoms with Gasteiger partial charge in [-0.25, -0.2) is 31.0 Å². The molecule has 1 radical (unpaired) electrons. The smallest absolute Gasteiger partial charge is 0.313 e. The van der Waals surface area contributed by atoms with Crippen LogP contribution in [0, 0.1) is 37.1 Å². The van der Waals surface area contributed by atoms with E-state index in [1.807, 2.05) is 84.9 Å². The summed E-state index contributed by atoms with van der Waals surface area (Å²) in [6.07, 6.45) is 6.17. The number of para-hydroxylation sites is 3. The first kappa shape index (κ1) is 56.6. The summed E-state index contributed by atoms with van der Waals surface area (Å²) in [7, 11) is -3.30. The number of imidazole rings is 1. The van der Waals surface area contributed by atoms with Crippen LogP contribution in [-0.2, 0) is 16.3 Å². The van der Waals surface area contributed by atoms with Gasteiger partial charge in [0.1, 0.15) is 6.33 Å². The number of nitrogens with zero attached hydrogens (tertiary/aromatic N) is 4. The summed E-state index contributed by atoms with van der Waals surface area (Å²) in [5.41, 5.74) is 5.79. The van der Waals surface area contributed by atoms with Gasteiger partial charge in [-0.3, -0.25) is 14.5 Å². The predicted octanol–water partition coefficient (Wildman–Crippen LogP) is 15.0. The van der Waals surface area contributed by atoms with Crippen molar-refractivity contribution in [3.05, 3.63) is 277 Å². The summed E-state index contributed by atoms with van der Waals surface area (Å²) in [6.45, 7) is 1.96. The Morgan fingerprint density at radius 1 is 0.456 bits per heavy atom. The van der Waals surface area contributed by atoms with E-state index in [0.29, 0.717) is 16.2 Å². The number of pyridine rings is 2. The molecule has 0 unspecified atom stereocenters. The molecule has 8 nitrogen and oxygen atoms in total. The molecule has 0 spiro atoms. The third-order valence-electron chi connectivity index (χ3n) is 13.1. The predicted molar refractivity (Wildman–Crippen MR) is 313 cm³/mol. The molecule has 1 aliphatic rings. The monoisotopic (exact) mass is 1090 g/mol. The van der Waals surface area contributed by atoms with Gasteiger partial charge in [0.05, 0.1) is 31.9 Å². The zero-order valence-electron chi connectivity index (χ0n) is 43.3. The largest absolute Gasteiger partial charge is 0.420 e. The van der Waals surface area contributed by atoms with Crippen molar-refractivity contribution in [2.24, 2.45) is 4.72 Å². The van der Waals surface area contributed by atoms with E-state index in [2.05, 4.69) is 135 Å². The van der Waals surface area contributed by atoms with Crippen molar-refractivity contribution >= 4 is 90.4 Å². The fourth-order valence-corrected chi connectivity index (χ4v) is 11.0. The van der Waals surface area contributed by atoms with E-state index in [9.17, 15) is 26.0 Å². The first-order valence-corrected chi connectivity index (χ1v) is 28.3. The highest BCUT2D eigenvalue weighted by Crippen LogP contribution is 2.36. The fourth-order valence-electron chi connectivity index (χ4n) is 9.29. The van der Waals surface area contributed by atoms with Crippen LogP contribution in [0.5, 0.6) is 0 Å². The first-order valence-electron chi connectivity index (χ1n) is 25.0. The minimum Gasteiger partial charge on any atom is -0.420 e. The van der Waals surface area contributed by atoms with Gasteiger partial charge in [0, 0.05) is 46.4 Å². The highest BCUT2D eigenvalue weighted by molar-refractivity contribution is 7.91. The van der Waals surface area contributed by atoms with E-state index in [-0.39, 0.29) is 20.9 Å². The van der Waals surface area contributed by atoms with Crippen molar-refractivity contribution in [2.45, 2.75) is 35.8 Å². The van der Waals surface area contributed by atoms with Crippen molar-refractivity contribution in [1.82, 2.24) is 19.5 Å². The van der Waals surface area contributed by atoms with Gasteiger partial charge in [-0.1, -0.05) is 170 Å². The summed E-state index contributed by atoms with van der Waals surface area (Å²) in [5.74, 6) is -3.32. The van der Waals surface area contributed by atoms with E-state index in [0.717, 1.165) is 63.5 Å². The standard InChI is InChI=1S/C18H12.C13H10N2.C13H10O2S.C12H8N2.C8H6F4.CH3.Al.H2N.H2O/c1-2-8-14-13(7-1)15-9-3-4-11-17(15)18-12-6-5-10-16(14)18;1-2-6-11(7-3-1)15-10-14-12-8-4-5-9-13(12)15;14-16(15)12-7-3-1-5-10(12)9-11-6-2-4-8-13(11)16;1-3-9-5-6-10-4-2-8-14-12(10)11(9)13-7-1;1-3-5(9)7(11)4(2)8(12)6(3)10;;;;/h1-12H;1-10H;1-8H,9H2;1-8H;1-2H3;1H3;;2*1H2/q;;;;;;+1;-1;. The van der Waals surface area contributed by atoms with Crippen molar-refractivity contribution in [2.75, 3.05) is 0 Å². The molecule has 14 heteroatoms. The van der Waals surface area contributed by atoms with E-state index in [1.165, 1.54) is 32.3 Å². The van der Waals surface area contributed by atoms with Crippen LogP contribution in [0.15, 0.2) is 241 Å². The highest BCUT2D eigenvalue weighted by Gasteiger charge is 2.28. The second-order valence-corrected chi connectivity index (χ2v) is 20.6. The van der Waals surface area contributed by atoms with Crippen LogP contribution in [0.3, 0.4) is 0 Å². The van der Waals surface area contributed by atoms with Crippen molar-refractivity contribution < 1.29 is 31.5 Å². The number of sulfone groups is 1. The van der Waals surface area contributed by atoms with Gasteiger partial charge in [0.15, 0.2) is 23.3 Å². The SMILES string of the molecule is Cc1c(F)c(F)c(C)c(F)c1F.O.O=S1(=O)c2ccccc2Cc2ccccc21.[CH3][Al][NH2].c1ccc(-n2cnc3ccccc32)cc1.c1ccc2c(c1)c1ccccc1c1ccccc21.c1cnc2c(c1)ccc1cccnc12. The van der Waals surface area contributed by atoms with Crippen LogP contribution < -0.4 is 4.72 Å². The van der Waals surface area contributed by atoms with E-state index in [4.69, 9.17) is 4.72 Å². The topological polar surface area (TPSA) is 135 Å². The molecule has 0 amide bonds. The summed E-state index contributed by atoms with van der Waals surface area (Å²) in [4.78, 5) is 14.0. The van der Waals surface area contributed by atoms with Gasteiger partial charge in [0.2, 0.25) is 9.84 Å². The maximum absolute atomic E-state index is 12.7. The third kappa shape index (κ3) is 12.1. The van der Waals surface area contributed by atoms with Crippen LogP contribution in [0.4, 0.5) is 17.6 Å². The van der Waals surface area contributed by atoms with Crippen LogP contribution in [0.1, 0.15) is 22.3 Å². The van der Waals surface area contributed by atoms with Gasteiger partial charge in [-0.2, -0.15) is 0 Å². The minimum absolute atomic E-state index is 0. The molecule has 0 bridgehead atoms.